The van der Waals surface area contributed by atoms with Gasteiger partial charge in [-0.3, -0.25) is 9.59 Å². The fraction of sp³-hybridized carbons (Fsp3) is 0.833. The maximum absolute atomic E-state index is 11.8. The van der Waals surface area contributed by atoms with Crippen molar-refractivity contribution in [2.24, 2.45) is 5.41 Å². The van der Waals surface area contributed by atoms with E-state index in [1.54, 1.807) is 6.92 Å². The second-order valence-corrected chi connectivity index (χ2v) is 5.34. The second-order valence-electron chi connectivity index (χ2n) is 5.34. The fourth-order valence-corrected chi connectivity index (χ4v) is 1.58. The summed E-state index contributed by atoms with van der Waals surface area (Å²) in [6.07, 6.45) is 0.513. The van der Waals surface area contributed by atoms with Gasteiger partial charge in [0.15, 0.2) is 0 Å². The van der Waals surface area contributed by atoms with Crippen LogP contribution in [-0.4, -0.2) is 45.9 Å². The molecule has 0 aromatic rings. The number of amides is 1. The lowest BCUT2D eigenvalue weighted by Crippen LogP contribution is -2.52. The summed E-state index contributed by atoms with van der Waals surface area (Å²) in [6, 6.07) is 0. The van der Waals surface area contributed by atoms with Crippen molar-refractivity contribution >= 4 is 11.9 Å². The highest BCUT2D eigenvalue weighted by Crippen LogP contribution is 2.30. The average Bonchev–Trinajstić information content (AvgIpc) is 2.27. The molecule has 1 amide bonds. The largest absolute Gasteiger partial charge is 0.481 e. The third-order valence-electron chi connectivity index (χ3n) is 3.16. The molecule has 1 unspecified atom stereocenters. The van der Waals surface area contributed by atoms with Crippen molar-refractivity contribution in [2.45, 2.75) is 45.6 Å². The van der Waals surface area contributed by atoms with Crippen molar-refractivity contribution in [3.63, 3.8) is 0 Å². The molecule has 0 aliphatic carbocycles. The Morgan fingerprint density at radius 1 is 1.11 bits per heavy atom. The summed E-state index contributed by atoms with van der Waals surface area (Å²) >= 11 is 0. The molecular weight excluding hydrogens is 238 g/mol. The summed E-state index contributed by atoms with van der Waals surface area (Å²) in [4.78, 5) is 22.5. The summed E-state index contributed by atoms with van der Waals surface area (Å²) in [5.41, 5.74) is -1.70. The Morgan fingerprint density at radius 2 is 1.61 bits per heavy atom. The molecule has 0 aromatic carbocycles. The van der Waals surface area contributed by atoms with E-state index < -0.39 is 16.9 Å². The molecule has 0 bridgehead atoms. The lowest BCUT2D eigenvalue weighted by Gasteiger charge is -2.30. The number of aliphatic carboxylic acids is 1. The van der Waals surface area contributed by atoms with Crippen molar-refractivity contribution < 1.29 is 24.9 Å². The predicted molar refractivity (Wildman–Crippen MR) is 66.0 cm³/mol. The number of carbonyl (C=O) groups is 2. The summed E-state index contributed by atoms with van der Waals surface area (Å²) in [5.74, 6) is -1.31. The fourth-order valence-electron chi connectivity index (χ4n) is 1.58. The van der Waals surface area contributed by atoms with Crippen LogP contribution in [0.3, 0.4) is 0 Å². The minimum Gasteiger partial charge on any atom is -0.481 e. The van der Waals surface area contributed by atoms with Gasteiger partial charge < -0.3 is 20.6 Å². The molecule has 0 spiro atoms. The van der Waals surface area contributed by atoms with Crippen LogP contribution in [0.1, 0.15) is 40.0 Å². The summed E-state index contributed by atoms with van der Waals surface area (Å²) < 4.78 is 0. The standard InChI is InChI=1S/C12H23NO5/c1-4-11(2,6-10(17)18)5-9(16)13-12(3,7-14)8-15/h14-15H,4-8H2,1-3H3,(H,13,16)(H,17,18). The Hall–Kier alpha value is -1.14. The second kappa shape index (κ2) is 6.70. The maximum atomic E-state index is 11.8. The molecule has 4 N–H and O–H groups in total. The topological polar surface area (TPSA) is 107 Å². The van der Waals surface area contributed by atoms with Gasteiger partial charge in [-0.2, -0.15) is 0 Å². The molecule has 0 aromatic heterocycles. The zero-order valence-electron chi connectivity index (χ0n) is 11.2. The first-order valence-electron chi connectivity index (χ1n) is 5.95. The minimum atomic E-state index is -1.07. The van der Waals surface area contributed by atoms with Crippen LogP contribution >= 0.6 is 0 Å². The number of carboxylic acid groups (broad SMARTS) is 1. The zero-order valence-corrected chi connectivity index (χ0v) is 11.2. The smallest absolute Gasteiger partial charge is 0.303 e. The molecule has 0 fully saturated rings. The highest BCUT2D eigenvalue weighted by atomic mass is 16.4. The van der Waals surface area contributed by atoms with Crippen LogP contribution in [0.4, 0.5) is 0 Å². The van der Waals surface area contributed by atoms with Gasteiger partial charge in [0.05, 0.1) is 25.2 Å². The Bertz CT molecular complexity index is 301. The van der Waals surface area contributed by atoms with E-state index >= 15 is 0 Å². The van der Waals surface area contributed by atoms with Crippen LogP contribution in [0.25, 0.3) is 0 Å². The van der Waals surface area contributed by atoms with E-state index in [9.17, 15) is 9.59 Å². The van der Waals surface area contributed by atoms with E-state index in [-0.39, 0.29) is 32.0 Å². The van der Waals surface area contributed by atoms with Crippen LogP contribution in [0, 0.1) is 5.41 Å². The Labute approximate surface area is 107 Å². The van der Waals surface area contributed by atoms with Crippen molar-refractivity contribution in [2.75, 3.05) is 13.2 Å². The molecule has 18 heavy (non-hydrogen) atoms. The molecule has 0 heterocycles. The third-order valence-corrected chi connectivity index (χ3v) is 3.16. The van der Waals surface area contributed by atoms with Gasteiger partial charge in [0.25, 0.3) is 0 Å². The van der Waals surface area contributed by atoms with Crippen LogP contribution in [0.15, 0.2) is 0 Å². The maximum Gasteiger partial charge on any atom is 0.303 e. The normalized spacial score (nSPS) is 14.9. The van der Waals surface area contributed by atoms with Gasteiger partial charge in [0.1, 0.15) is 0 Å². The Kier molecular flexibility index (Phi) is 6.28. The Morgan fingerprint density at radius 3 is 1.94 bits per heavy atom. The average molecular weight is 261 g/mol. The van der Waals surface area contributed by atoms with E-state index in [0.29, 0.717) is 6.42 Å². The molecule has 1 atom stereocenters. The van der Waals surface area contributed by atoms with Crippen molar-refractivity contribution in [3.8, 4) is 0 Å². The number of aliphatic hydroxyl groups is 2. The van der Waals surface area contributed by atoms with Gasteiger partial charge in [-0.05, 0) is 18.8 Å². The highest BCUT2D eigenvalue weighted by molar-refractivity contribution is 5.78. The van der Waals surface area contributed by atoms with Crippen LogP contribution in [0.5, 0.6) is 0 Å². The quantitative estimate of drug-likeness (QED) is 0.497. The van der Waals surface area contributed by atoms with Crippen LogP contribution in [-0.2, 0) is 9.59 Å². The first-order valence-corrected chi connectivity index (χ1v) is 5.95. The van der Waals surface area contributed by atoms with Crippen LogP contribution < -0.4 is 5.32 Å². The molecule has 0 saturated heterocycles. The number of nitrogens with one attached hydrogen (secondary N) is 1. The van der Waals surface area contributed by atoms with Crippen LogP contribution in [0.2, 0.25) is 0 Å². The van der Waals surface area contributed by atoms with E-state index in [0.717, 1.165) is 0 Å². The van der Waals surface area contributed by atoms with Gasteiger partial charge in [-0.25, -0.2) is 0 Å². The first-order chi connectivity index (χ1) is 8.20. The lowest BCUT2D eigenvalue weighted by molar-refractivity contribution is -0.140. The predicted octanol–water partition coefficient (Wildman–Crippen LogP) is 0.127. The molecule has 106 valence electrons. The molecule has 0 rings (SSSR count). The van der Waals surface area contributed by atoms with E-state index in [1.165, 1.54) is 6.92 Å². The molecule has 6 nitrogen and oxygen atoms in total. The molecule has 0 aliphatic rings. The van der Waals surface area contributed by atoms with Gasteiger partial charge >= 0.3 is 5.97 Å². The summed E-state index contributed by atoms with van der Waals surface area (Å²) in [7, 11) is 0. The van der Waals surface area contributed by atoms with E-state index in [1.807, 2.05) is 6.92 Å². The zero-order chi connectivity index (χ0) is 14.4. The molecule has 0 aliphatic heterocycles. The SMILES string of the molecule is CCC(C)(CC(=O)O)CC(=O)NC(C)(CO)CO. The van der Waals surface area contributed by atoms with Gasteiger partial charge in [-0.15, -0.1) is 0 Å². The number of hydrogen-bond donors (Lipinski definition) is 4. The number of aliphatic hydroxyl groups excluding tert-OH is 2. The summed E-state index contributed by atoms with van der Waals surface area (Å²) in [6.45, 7) is 4.32. The number of hydrogen-bond acceptors (Lipinski definition) is 4. The molecular formula is C12H23NO5. The molecule has 0 saturated carbocycles. The van der Waals surface area contributed by atoms with Crippen molar-refractivity contribution in [1.29, 1.82) is 0 Å². The number of carbonyl (C=O) groups excluding carboxylic acids is 1. The number of carboxylic acids is 1. The van der Waals surface area contributed by atoms with Gasteiger partial charge in [0, 0.05) is 6.42 Å². The van der Waals surface area contributed by atoms with E-state index in [4.69, 9.17) is 15.3 Å². The van der Waals surface area contributed by atoms with Gasteiger partial charge in [0.2, 0.25) is 5.91 Å². The van der Waals surface area contributed by atoms with E-state index in [2.05, 4.69) is 5.32 Å². The van der Waals surface area contributed by atoms with Crippen molar-refractivity contribution in [3.05, 3.63) is 0 Å². The minimum absolute atomic E-state index is 0.0470. The number of rotatable bonds is 8. The Balaban J connectivity index is 4.58. The lowest BCUT2D eigenvalue weighted by atomic mass is 9.80. The van der Waals surface area contributed by atoms with Gasteiger partial charge in [-0.1, -0.05) is 13.8 Å². The van der Waals surface area contributed by atoms with Crippen molar-refractivity contribution in [1.82, 2.24) is 5.32 Å². The monoisotopic (exact) mass is 261 g/mol. The molecule has 6 heteroatoms. The third kappa shape index (κ3) is 5.46. The highest BCUT2D eigenvalue weighted by Gasteiger charge is 2.31. The molecule has 0 radical (unpaired) electrons. The first kappa shape index (κ1) is 16.9. The summed E-state index contributed by atoms with van der Waals surface area (Å²) in [5, 5.41) is 29.5.